The van der Waals surface area contributed by atoms with Crippen LogP contribution in [0.1, 0.15) is 33.8 Å². The minimum Gasteiger partial charge on any atom is -0.444 e. The first-order valence-electron chi connectivity index (χ1n) is 12.2. The van der Waals surface area contributed by atoms with Gasteiger partial charge in [-0.3, -0.25) is 10.1 Å². The summed E-state index contributed by atoms with van der Waals surface area (Å²) in [6, 6.07) is 22.8. The number of nitrogens with zero attached hydrogens (tertiary/aromatic N) is 1. The van der Waals surface area contributed by atoms with Crippen LogP contribution in [0.4, 0.5) is 21.9 Å². The maximum atomic E-state index is 13.0. The summed E-state index contributed by atoms with van der Waals surface area (Å²) in [7, 11) is 0. The molecule has 8 nitrogen and oxygen atoms in total. The largest absolute Gasteiger partial charge is 0.444 e. The highest BCUT2D eigenvalue weighted by molar-refractivity contribution is 6.06. The third kappa shape index (κ3) is 6.80. The predicted molar refractivity (Wildman–Crippen MR) is 147 cm³/mol. The molecular formula is C28H31ClN4O4. The molecule has 0 unspecified atom stereocenters. The van der Waals surface area contributed by atoms with Gasteiger partial charge in [0.1, 0.15) is 6.61 Å². The van der Waals surface area contributed by atoms with Crippen molar-refractivity contribution in [2.24, 2.45) is 5.73 Å². The van der Waals surface area contributed by atoms with Gasteiger partial charge < -0.3 is 25.4 Å². The number of amides is 2. The van der Waals surface area contributed by atoms with Crippen molar-refractivity contribution in [3.8, 4) is 0 Å². The first-order chi connectivity index (χ1) is 17.6. The second-order valence-corrected chi connectivity index (χ2v) is 9.10. The number of morpholine rings is 1. The van der Waals surface area contributed by atoms with E-state index in [1.54, 1.807) is 18.2 Å². The molecule has 2 atom stereocenters. The first kappa shape index (κ1) is 26.5. The molecule has 4 N–H and O–H groups in total. The molecule has 1 saturated carbocycles. The monoisotopic (exact) mass is 522 g/mol. The fraction of sp³-hybridized carbons (Fsp3) is 0.286. The summed E-state index contributed by atoms with van der Waals surface area (Å²) >= 11 is 0. The normalized spacial score (nSPS) is 18.4. The zero-order chi connectivity index (χ0) is 24.9. The van der Waals surface area contributed by atoms with Gasteiger partial charge in [0.15, 0.2) is 0 Å². The maximum Gasteiger partial charge on any atom is 0.412 e. The Morgan fingerprint density at radius 3 is 2.35 bits per heavy atom. The number of carbonyl (C=O) groups is 2. The number of nitrogens with two attached hydrogens (primary N) is 1. The number of carbonyl (C=O) groups excluding carboxylic acids is 2. The molecule has 0 radical (unpaired) electrons. The van der Waals surface area contributed by atoms with Crippen LogP contribution >= 0.6 is 12.4 Å². The Morgan fingerprint density at radius 2 is 1.68 bits per heavy atom. The molecule has 37 heavy (non-hydrogen) atoms. The van der Waals surface area contributed by atoms with Gasteiger partial charge in [-0.2, -0.15) is 0 Å². The van der Waals surface area contributed by atoms with E-state index in [1.165, 1.54) is 5.56 Å². The summed E-state index contributed by atoms with van der Waals surface area (Å²) in [6.07, 6.45) is 0.456. The molecule has 5 rings (SSSR count). The van der Waals surface area contributed by atoms with Crippen molar-refractivity contribution >= 4 is 41.5 Å². The smallest absolute Gasteiger partial charge is 0.412 e. The second-order valence-electron chi connectivity index (χ2n) is 9.10. The molecule has 1 aliphatic carbocycles. The number of anilines is 3. The van der Waals surface area contributed by atoms with Crippen LogP contribution in [-0.2, 0) is 16.1 Å². The average molecular weight is 523 g/mol. The maximum absolute atomic E-state index is 13.0. The van der Waals surface area contributed by atoms with Crippen molar-refractivity contribution < 1.29 is 19.1 Å². The third-order valence-corrected chi connectivity index (χ3v) is 6.50. The van der Waals surface area contributed by atoms with Crippen molar-refractivity contribution in [3.05, 3.63) is 89.5 Å². The van der Waals surface area contributed by atoms with Crippen LogP contribution < -0.4 is 21.3 Å². The van der Waals surface area contributed by atoms with Crippen molar-refractivity contribution in [3.63, 3.8) is 0 Å². The minimum atomic E-state index is -0.555. The Hall–Kier alpha value is -3.59. The van der Waals surface area contributed by atoms with E-state index in [9.17, 15) is 9.59 Å². The van der Waals surface area contributed by atoms with E-state index in [2.05, 4.69) is 15.5 Å². The minimum absolute atomic E-state index is 0. The number of halogens is 1. The van der Waals surface area contributed by atoms with Gasteiger partial charge >= 0.3 is 6.09 Å². The zero-order valence-corrected chi connectivity index (χ0v) is 21.2. The van der Waals surface area contributed by atoms with Crippen LogP contribution in [0.15, 0.2) is 72.8 Å². The lowest BCUT2D eigenvalue weighted by Gasteiger charge is -2.30. The zero-order valence-electron chi connectivity index (χ0n) is 20.4. The molecule has 2 fully saturated rings. The Bertz CT molecular complexity index is 1220. The fourth-order valence-corrected chi connectivity index (χ4v) is 4.33. The van der Waals surface area contributed by atoms with Crippen LogP contribution in [0.25, 0.3) is 0 Å². The molecule has 3 aromatic rings. The summed E-state index contributed by atoms with van der Waals surface area (Å²) < 4.78 is 10.9. The van der Waals surface area contributed by atoms with Crippen LogP contribution in [0.2, 0.25) is 0 Å². The summed E-state index contributed by atoms with van der Waals surface area (Å²) in [6.45, 7) is 2.63. The van der Waals surface area contributed by atoms with Crippen LogP contribution in [0, 0.1) is 0 Å². The topological polar surface area (TPSA) is 106 Å². The quantitative estimate of drug-likeness (QED) is 0.413. The molecule has 3 aromatic carbocycles. The van der Waals surface area contributed by atoms with E-state index in [0.29, 0.717) is 43.5 Å². The highest BCUT2D eigenvalue weighted by Crippen LogP contribution is 2.39. The summed E-state index contributed by atoms with van der Waals surface area (Å²) in [4.78, 5) is 27.7. The molecular weight excluding hydrogens is 492 g/mol. The molecule has 1 heterocycles. The molecule has 0 aromatic heterocycles. The van der Waals surface area contributed by atoms with E-state index in [-0.39, 0.29) is 31.0 Å². The molecule has 1 aliphatic heterocycles. The summed E-state index contributed by atoms with van der Waals surface area (Å²) in [5.74, 6) is 0.198. The Balaban J connectivity index is 0.00000320. The number of nitrogens with one attached hydrogen (secondary N) is 2. The molecule has 194 valence electrons. The first-order valence-corrected chi connectivity index (χ1v) is 12.2. The number of benzene rings is 3. The SMILES string of the molecule is Cl.N[C@@H]1C[C@H]1c1ccc(NC(=O)c2ccc(NC(=O)OCc3ccccc3)c(N3CCOCC3)c2)cc1. The fourth-order valence-electron chi connectivity index (χ4n) is 4.33. The highest BCUT2D eigenvalue weighted by Gasteiger charge is 2.34. The van der Waals surface area contributed by atoms with E-state index in [4.69, 9.17) is 15.2 Å². The van der Waals surface area contributed by atoms with Gasteiger partial charge in [-0.1, -0.05) is 42.5 Å². The lowest BCUT2D eigenvalue weighted by Crippen LogP contribution is -2.37. The van der Waals surface area contributed by atoms with Crippen molar-refractivity contribution in [2.75, 3.05) is 41.8 Å². The molecule has 0 bridgehead atoms. The van der Waals surface area contributed by atoms with Crippen LogP contribution in [0.5, 0.6) is 0 Å². The van der Waals surface area contributed by atoms with Gasteiger partial charge in [0.05, 0.1) is 24.6 Å². The Kier molecular flexibility index (Phi) is 8.66. The lowest BCUT2D eigenvalue weighted by molar-refractivity contribution is 0.102. The number of ether oxygens (including phenoxy) is 2. The summed E-state index contributed by atoms with van der Waals surface area (Å²) in [5, 5.41) is 5.79. The predicted octanol–water partition coefficient (Wildman–Crippen LogP) is 4.76. The van der Waals surface area contributed by atoms with E-state index < -0.39 is 6.09 Å². The third-order valence-electron chi connectivity index (χ3n) is 6.50. The standard InChI is InChI=1S/C28H30N4O4.ClH/c29-24-17-23(24)20-6-9-22(10-7-20)30-27(33)21-8-11-25(26(16-21)32-12-14-35-15-13-32)31-28(34)36-18-19-4-2-1-3-5-19;/h1-11,16,23-24H,12-15,17-18,29H2,(H,30,33)(H,31,34);1H/t23-,24+;/m0./s1. The van der Waals surface area contributed by atoms with Gasteiger partial charge in [-0.15, -0.1) is 12.4 Å². The van der Waals surface area contributed by atoms with E-state index in [0.717, 1.165) is 23.4 Å². The molecule has 2 aliphatic rings. The van der Waals surface area contributed by atoms with Gasteiger partial charge in [0.25, 0.3) is 5.91 Å². The summed E-state index contributed by atoms with van der Waals surface area (Å²) in [5.41, 5.74) is 10.6. The van der Waals surface area contributed by atoms with Gasteiger partial charge in [-0.25, -0.2) is 4.79 Å². The number of rotatable bonds is 7. The molecule has 0 spiro atoms. The van der Waals surface area contributed by atoms with Gasteiger partial charge in [0.2, 0.25) is 0 Å². The van der Waals surface area contributed by atoms with Crippen molar-refractivity contribution in [2.45, 2.75) is 25.0 Å². The Morgan fingerprint density at radius 1 is 0.973 bits per heavy atom. The highest BCUT2D eigenvalue weighted by atomic mass is 35.5. The van der Waals surface area contributed by atoms with Crippen LogP contribution in [-0.4, -0.2) is 44.3 Å². The van der Waals surface area contributed by atoms with Gasteiger partial charge in [0, 0.05) is 36.3 Å². The van der Waals surface area contributed by atoms with Crippen molar-refractivity contribution in [1.29, 1.82) is 0 Å². The molecule has 9 heteroatoms. The molecule has 1 saturated heterocycles. The lowest BCUT2D eigenvalue weighted by atomic mass is 10.1. The van der Waals surface area contributed by atoms with E-state index in [1.807, 2.05) is 54.6 Å². The molecule has 2 amide bonds. The average Bonchev–Trinajstić information content (AvgIpc) is 3.65. The van der Waals surface area contributed by atoms with Crippen LogP contribution in [0.3, 0.4) is 0 Å². The Labute approximate surface area is 222 Å². The second kappa shape index (κ2) is 12.1. The van der Waals surface area contributed by atoms with Gasteiger partial charge in [-0.05, 0) is 47.9 Å². The number of hydrogen-bond acceptors (Lipinski definition) is 6. The van der Waals surface area contributed by atoms with E-state index >= 15 is 0 Å². The number of hydrogen-bond donors (Lipinski definition) is 3. The van der Waals surface area contributed by atoms with Crippen molar-refractivity contribution in [1.82, 2.24) is 0 Å².